The monoisotopic (exact) mass is 242 g/mol. The number of likely N-dealkylation sites (N-methyl/N-ethyl adjacent to an activating group) is 3. The van der Waals surface area contributed by atoms with Crippen LogP contribution < -0.4 is 11.1 Å². The first kappa shape index (κ1) is 14.4. The molecule has 5 heteroatoms. The second kappa shape index (κ2) is 5.80. The number of rotatable bonds is 6. The molecule has 0 heterocycles. The fourth-order valence-electron chi connectivity index (χ4n) is 2.51. The summed E-state index contributed by atoms with van der Waals surface area (Å²) < 4.78 is 0. The van der Waals surface area contributed by atoms with E-state index in [1.807, 2.05) is 7.05 Å². The van der Waals surface area contributed by atoms with Gasteiger partial charge in [-0.25, -0.2) is 0 Å². The molecular formula is C12H26N4O. The summed E-state index contributed by atoms with van der Waals surface area (Å²) in [6.07, 6.45) is 2.70. The molecule has 2 unspecified atom stereocenters. The summed E-state index contributed by atoms with van der Waals surface area (Å²) in [5.74, 6) is -0.219. The molecule has 0 saturated heterocycles. The average Bonchev–Trinajstić information content (AvgIpc) is 2.71. The van der Waals surface area contributed by atoms with Gasteiger partial charge in [-0.2, -0.15) is 0 Å². The van der Waals surface area contributed by atoms with Gasteiger partial charge in [0.1, 0.15) is 0 Å². The number of primary amides is 1. The minimum atomic E-state index is -0.489. The lowest BCUT2D eigenvalue weighted by atomic mass is 9.96. The summed E-state index contributed by atoms with van der Waals surface area (Å²) >= 11 is 0. The molecule has 1 aliphatic rings. The number of hydrogen-bond donors (Lipinski definition) is 2. The predicted octanol–water partition coefficient (Wildman–Crippen LogP) is -0.524. The van der Waals surface area contributed by atoms with Gasteiger partial charge in [-0.3, -0.25) is 4.79 Å². The zero-order valence-corrected chi connectivity index (χ0v) is 11.5. The Morgan fingerprint density at radius 3 is 2.47 bits per heavy atom. The van der Waals surface area contributed by atoms with E-state index in [4.69, 9.17) is 5.73 Å². The Bertz CT molecular complexity index is 269. The van der Waals surface area contributed by atoms with Crippen LogP contribution in [-0.4, -0.2) is 68.6 Å². The van der Waals surface area contributed by atoms with Crippen molar-refractivity contribution in [1.29, 1.82) is 0 Å². The molecule has 100 valence electrons. The zero-order chi connectivity index (χ0) is 13.1. The average molecular weight is 242 g/mol. The molecule has 0 aromatic carbocycles. The van der Waals surface area contributed by atoms with Crippen LogP contribution in [0.15, 0.2) is 0 Å². The Morgan fingerprint density at radius 2 is 2.06 bits per heavy atom. The maximum Gasteiger partial charge on any atom is 0.237 e. The minimum Gasteiger partial charge on any atom is -0.368 e. The fraction of sp³-hybridized carbons (Fsp3) is 0.917. The molecule has 17 heavy (non-hydrogen) atoms. The minimum absolute atomic E-state index is 0.219. The zero-order valence-electron chi connectivity index (χ0n) is 11.5. The maximum absolute atomic E-state index is 11.5. The number of carbonyl (C=O) groups is 1. The molecule has 0 radical (unpaired) electrons. The maximum atomic E-state index is 11.5. The number of nitrogens with zero attached hydrogens (tertiary/aromatic N) is 2. The predicted molar refractivity (Wildman–Crippen MR) is 69.8 cm³/mol. The first-order chi connectivity index (χ1) is 7.91. The van der Waals surface area contributed by atoms with Crippen LogP contribution in [-0.2, 0) is 4.79 Å². The SMILES string of the molecule is CNC1(C(N)=O)CCC(N(C)CCN(C)C)C1. The molecule has 1 saturated carbocycles. The molecule has 2 atom stereocenters. The van der Waals surface area contributed by atoms with Gasteiger partial charge < -0.3 is 20.9 Å². The summed E-state index contributed by atoms with van der Waals surface area (Å²) in [7, 11) is 8.10. The van der Waals surface area contributed by atoms with Crippen LogP contribution >= 0.6 is 0 Å². The second-order valence-corrected chi connectivity index (χ2v) is 5.38. The van der Waals surface area contributed by atoms with Crippen molar-refractivity contribution in [2.75, 3.05) is 41.3 Å². The summed E-state index contributed by atoms with van der Waals surface area (Å²) in [5, 5.41) is 3.11. The lowest BCUT2D eigenvalue weighted by Crippen LogP contribution is -2.53. The Morgan fingerprint density at radius 1 is 1.41 bits per heavy atom. The highest BCUT2D eigenvalue weighted by molar-refractivity contribution is 5.85. The first-order valence-electron chi connectivity index (χ1n) is 6.25. The van der Waals surface area contributed by atoms with Gasteiger partial charge in [0, 0.05) is 19.1 Å². The molecule has 1 amide bonds. The van der Waals surface area contributed by atoms with Gasteiger partial charge >= 0.3 is 0 Å². The molecular weight excluding hydrogens is 216 g/mol. The lowest BCUT2D eigenvalue weighted by Gasteiger charge is -2.29. The van der Waals surface area contributed by atoms with Gasteiger partial charge in [0.25, 0.3) is 0 Å². The van der Waals surface area contributed by atoms with E-state index in [0.717, 1.165) is 32.4 Å². The summed E-state index contributed by atoms with van der Waals surface area (Å²) in [6.45, 7) is 2.06. The Labute approximate surface area is 104 Å². The number of nitrogens with one attached hydrogen (secondary N) is 1. The summed E-state index contributed by atoms with van der Waals surface area (Å²) in [5.41, 5.74) is 5.01. The van der Waals surface area contributed by atoms with Gasteiger partial charge in [-0.1, -0.05) is 0 Å². The van der Waals surface area contributed by atoms with Crippen LogP contribution in [0.2, 0.25) is 0 Å². The fourth-order valence-corrected chi connectivity index (χ4v) is 2.51. The third-order valence-electron chi connectivity index (χ3n) is 3.96. The van der Waals surface area contributed by atoms with E-state index in [9.17, 15) is 4.79 Å². The normalized spacial score (nSPS) is 29.2. The first-order valence-corrected chi connectivity index (χ1v) is 6.25. The van der Waals surface area contributed by atoms with Crippen LogP contribution in [0, 0.1) is 0 Å². The summed E-state index contributed by atoms with van der Waals surface area (Å²) in [4.78, 5) is 16.0. The van der Waals surface area contributed by atoms with Crippen LogP contribution in [0.3, 0.4) is 0 Å². The van der Waals surface area contributed by atoms with Crippen molar-refractivity contribution in [2.24, 2.45) is 5.73 Å². The van der Waals surface area contributed by atoms with Crippen LogP contribution in [0.25, 0.3) is 0 Å². The van der Waals surface area contributed by atoms with Crippen molar-refractivity contribution < 1.29 is 4.79 Å². The topological polar surface area (TPSA) is 61.6 Å². The summed E-state index contributed by atoms with van der Waals surface area (Å²) in [6, 6.07) is 0.454. The van der Waals surface area contributed by atoms with Gasteiger partial charge in [0.05, 0.1) is 5.54 Å². The van der Waals surface area contributed by atoms with E-state index in [-0.39, 0.29) is 5.91 Å². The molecule has 3 N–H and O–H groups in total. The van der Waals surface area contributed by atoms with Crippen molar-refractivity contribution in [3.63, 3.8) is 0 Å². The highest BCUT2D eigenvalue weighted by Crippen LogP contribution is 2.32. The Hall–Kier alpha value is -0.650. The molecule has 0 bridgehead atoms. The second-order valence-electron chi connectivity index (χ2n) is 5.38. The van der Waals surface area contributed by atoms with Crippen LogP contribution in [0.5, 0.6) is 0 Å². The van der Waals surface area contributed by atoms with Crippen molar-refractivity contribution in [1.82, 2.24) is 15.1 Å². The molecule has 0 aromatic rings. The van der Waals surface area contributed by atoms with Crippen LogP contribution in [0.1, 0.15) is 19.3 Å². The number of carbonyl (C=O) groups excluding carboxylic acids is 1. The standard InChI is InChI=1S/C12H26N4O/c1-14-12(11(13)17)6-5-10(9-12)16(4)8-7-15(2)3/h10,14H,5-9H2,1-4H3,(H2,13,17). The van der Waals surface area contributed by atoms with E-state index in [1.165, 1.54) is 0 Å². The van der Waals surface area contributed by atoms with Gasteiger partial charge in [-0.15, -0.1) is 0 Å². The number of amides is 1. The van der Waals surface area contributed by atoms with E-state index < -0.39 is 5.54 Å². The molecule has 0 spiro atoms. The Kier molecular flexibility index (Phi) is 4.91. The van der Waals surface area contributed by atoms with Crippen LogP contribution in [0.4, 0.5) is 0 Å². The van der Waals surface area contributed by atoms with Crippen molar-refractivity contribution in [3.05, 3.63) is 0 Å². The van der Waals surface area contributed by atoms with Crippen molar-refractivity contribution in [3.8, 4) is 0 Å². The van der Waals surface area contributed by atoms with Gasteiger partial charge in [0.2, 0.25) is 5.91 Å². The van der Waals surface area contributed by atoms with E-state index in [0.29, 0.717) is 6.04 Å². The van der Waals surface area contributed by atoms with Crippen molar-refractivity contribution in [2.45, 2.75) is 30.8 Å². The van der Waals surface area contributed by atoms with Gasteiger partial charge in [-0.05, 0) is 47.5 Å². The smallest absolute Gasteiger partial charge is 0.237 e. The molecule has 1 aliphatic carbocycles. The molecule has 1 rings (SSSR count). The van der Waals surface area contributed by atoms with E-state index in [1.54, 1.807) is 0 Å². The lowest BCUT2D eigenvalue weighted by molar-refractivity contribution is -0.124. The number of nitrogens with two attached hydrogens (primary N) is 1. The molecule has 0 aliphatic heterocycles. The quantitative estimate of drug-likeness (QED) is 0.658. The highest BCUT2D eigenvalue weighted by atomic mass is 16.1. The highest BCUT2D eigenvalue weighted by Gasteiger charge is 2.43. The molecule has 1 fully saturated rings. The largest absolute Gasteiger partial charge is 0.368 e. The van der Waals surface area contributed by atoms with Crippen molar-refractivity contribution >= 4 is 5.91 Å². The van der Waals surface area contributed by atoms with E-state index >= 15 is 0 Å². The Balaban J connectivity index is 2.51. The molecule has 0 aromatic heterocycles. The van der Waals surface area contributed by atoms with Gasteiger partial charge in [0.15, 0.2) is 0 Å². The number of hydrogen-bond acceptors (Lipinski definition) is 4. The molecule has 5 nitrogen and oxygen atoms in total. The third kappa shape index (κ3) is 3.40. The third-order valence-corrected chi connectivity index (χ3v) is 3.96. The van der Waals surface area contributed by atoms with E-state index in [2.05, 4.69) is 36.3 Å².